The number of epoxide rings is 1. The van der Waals surface area contributed by atoms with E-state index < -0.39 is 0 Å². The average Bonchev–Trinajstić information content (AvgIpc) is 3.24. The highest BCUT2D eigenvalue weighted by atomic mass is 16.6. The highest BCUT2D eigenvalue weighted by Gasteiger charge is 2.22. The maximum Gasteiger partial charge on any atom is 0.160 e. The van der Waals surface area contributed by atoms with Crippen LogP contribution in [-0.2, 0) is 16.1 Å². The van der Waals surface area contributed by atoms with Gasteiger partial charge in [-0.15, -0.1) is 0 Å². The Morgan fingerprint density at radius 2 is 2.10 bits per heavy atom. The van der Waals surface area contributed by atoms with E-state index in [4.69, 9.17) is 18.7 Å². The Morgan fingerprint density at radius 1 is 1.29 bits per heavy atom. The van der Waals surface area contributed by atoms with Crippen LogP contribution in [0.25, 0.3) is 12.2 Å². The summed E-state index contributed by atoms with van der Waals surface area (Å²) in [6, 6.07) is 9.72. The van der Waals surface area contributed by atoms with Gasteiger partial charge in [-0.2, -0.15) is 0 Å². The molecule has 1 aromatic carbocycles. The fraction of sp³-hybridized carbons (Fsp3) is 0.312. The standard InChI is InChI=1S/C16H17NO4/c1-18-9-13-8-15(21-17-13)7-4-12-2-5-14(6-3-12)19-10-16-11-20-16/h2-8,16H,9-11H2,1H3. The van der Waals surface area contributed by atoms with Crippen LogP contribution in [0.15, 0.2) is 34.9 Å². The van der Waals surface area contributed by atoms with Crippen molar-refractivity contribution in [1.29, 1.82) is 0 Å². The van der Waals surface area contributed by atoms with Crippen LogP contribution in [0.4, 0.5) is 0 Å². The zero-order valence-corrected chi connectivity index (χ0v) is 11.8. The molecular formula is C16H17NO4. The zero-order valence-electron chi connectivity index (χ0n) is 11.8. The Labute approximate surface area is 123 Å². The third kappa shape index (κ3) is 4.18. The van der Waals surface area contributed by atoms with Crippen molar-refractivity contribution in [2.75, 3.05) is 20.3 Å². The van der Waals surface area contributed by atoms with Gasteiger partial charge in [0.25, 0.3) is 0 Å². The lowest BCUT2D eigenvalue weighted by Crippen LogP contribution is -2.03. The number of aromatic nitrogens is 1. The predicted octanol–water partition coefficient (Wildman–Crippen LogP) is 2.77. The van der Waals surface area contributed by atoms with Crippen LogP contribution in [0.3, 0.4) is 0 Å². The predicted molar refractivity (Wildman–Crippen MR) is 77.8 cm³/mol. The second kappa shape index (κ2) is 6.56. The summed E-state index contributed by atoms with van der Waals surface area (Å²) < 4.78 is 20.9. The lowest BCUT2D eigenvalue weighted by molar-refractivity contribution is 0.177. The fourth-order valence-electron chi connectivity index (χ4n) is 1.83. The molecule has 0 spiro atoms. The van der Waals surface area contributed by atoms with Crippen LogP contribution >= 0.6 is 0 Å². The molecular weight excluding hydrogens is 270 g/mol. The molecule has 1 fully saturated rings. The van der Waals surface area contributed by atoms with Crippen molar-refractivity contribution in [3.05, 3.63) is 47.3 Å². The molecule has 0 saturated carbocycles. The first-order chi connectivity index (χ1) is 10.3. The Bertz CT molecular complexity index is 599. The van der Waals surface area contributed by atoms with Crippen molar-refractivity contribution in [2.24, 2.45) is 0 Å². The van der Waals surface area contributed by atoms with Crippen LogP contribution in [0.2, 0.25) is 0 Å². The van der Waals surface area contributed by atoms with Gasteiger partial charge in [-0.25, -0.2) is 0 Å². The molecule has 0 amide bonds. The normalized spacial score (nSPS) is 17.3. The summed E-state index contributed by atoms with van der Waals surface area (Å²) in [6.07, 6.45) is 4.11. The summed E-state index contributed by atoms with van der Waals surface area (Å²) >= 11 is 0. The van der Waals surface area contributed by atoms with Crippen molar-refractivity contribution in [2.45, 2.75) is 12.7 Å². The lowest BCUT2D eigenvalue weighted by atomic mass is 10.2. The van der Waals surface area contributed by atoms with E-state index in [0.717, 1.165) is 23.6 Å². The Hall–Kier alpha value is -2.11. The molecule has 1 unspecified atom stereocenters. The van der Waals surface area contributed by atoms with Gasteiger partial charge in [0.1, 0.15) is 24.2 Å². The number of hydrogen-bond acceptors (Lipinski definition) is 5. The van der Waals surface area contributed by atoms with E-state index in [2.05, 4.69) is 5.16 Å². The third-order valence-corrected chi connectivity index (χ3v) is 3.03. The molecule has 2 aromatic rings. The number of benzene rings is 1. The SMILES string of the molecule is COCc1cc(C=Cc2ccc(OCC3CO3)cc2)on1. The van der Waals surface area contributed by atoms with Crippen molar-refractivity contribution in [1.82, 2.24) is 5.16 Å². The van der Waals surface area contributed by atoms with E-state index in [0.29, 0.717) is 19.0 Å². The smallest absolute Gasteiger partial charge is 0.160 e. The van der Waals surface area contributed by atoms with Gasteiger partial charge in [0.05, 0.1) is 13.2 Å². The third-order valence-electron chi connectivity index (χ3n) is 3.03. The maximum absolute atomic E-state index is 5.59. The van der Waals surface area contributed by atoms with Gasteiger partial charge in [0.15, 0.2) is 5.76 Å². The molecule has 0 aliphatic carbocycles. The number of rotatable bonds is 7. The first-order valence-electron chi connectivity index (χ1n) is 6.80. The monoisotopic (exact) mass is 287 g/mol. The quantitative estimate of drug-likeness (QED) is 0.733. The van der Waals surface area contributed by atoms with Crippen molar-refractivity contribution < 1.29 is 18.7 Å². The maximum atomic E-state index is 5.59. The van der Waals surface area contributed by atoms with Gasteiger partial charge in [0.2, 0.25) is 0 Å². The Kier molecular flexibility index (Phi) is 4.33. The van der Waals surface area contributed by atoms with Crippen LogP contribution in [0, 0.1) is 0 Å². The number of nitrogens with zero attached hydrogens (tertiary/aromatic N) is 1. The Morgan fingerprint density at radius 3 is 2.81 bits per heavy atom. The fourth-order valence-corrected chi connectivity index (χ4v) is 1.83. The molecule has 0 radical (unpaired) electrons. The van der Waals surface area contributed by atoms with E-state index in [-0.39, 0.29) is 6.10 Å². The molecule has 1 saturated heterocycles. The van der Waals surface area contributed by atoms with E-state index >= 15 is 0 Å². The van der Waals surface area contributed by atoms with Crippen molar-refractivity contribution >= 4 is 12.2 Å². The van der Waals surface area contributed by atoms with E-state index in [1.807, 2.05) is 42.5 Å². The second-order valence-electron chi connectivity index (χ2n) is 4.82. The highest BCUT2D eigenvalue weighted by Crippen LogP contribution is 2.17. The minimum atomic E-state index is 0.275. The minimum Gasteiger partial charge on any atom is -0.491 e. The Balaban J connectivity index is 1.56. The molecule has 5 heteroatoms. The second-order valence-corrected chi connectivity index (χ2v) is 4.82. The minimum absolute atomic E-state index is 0.275. The van der Waals surface area contributed by atoms with E-state index in [9.17, 15) is 0 Å². The van der Waals surface area contributed by atoms with Crippen LogP contribution in [-0.4, -0.2) is 31.6 Å². The topological polar surface area (TPSA) is 57.0 Å². The summed E-state index contributed by atoms with van der Waals surface area (Å²) in [4.78, 5) is 0. The van der Waals surface area contributed by atoms with Gasteiger partial charge in [-0.1, -0.05) is 23.4 Å². The highest BCUT2D eigenvalue weighted by molar-refractivity contribution is 5.67. The molecule has 21 heavy (non-hydrogen) atoms. The first-order valence-corrected chi connectivity index (χ1v) is 6.80. The average molecular weight is 287 g/mol. The largest absolute Gasteiger partial charge is 0.491 e. The zero-order chi connectivity index (χ0) is 14.5. The van der Waals surface area contributed by atoms with Crippen LogP contribution in [0.5, 0.6) is 5.75 Å². The summed E-state index contributed by atoms with van der Waals surface area (Å²) in [7, 11) is 1.63. The molecule has 1 aromatic heterocycles. The van der Waals surface area contributed by atoms with E-state index in [1.54, 1.807) is 7.11 Å². The van der Waals surface area contributed by atoms with Crippen molar-refractivity contribution in [3.8, 4) is 5.75 Å². The van der Waals surface area contributed by atoms with Crippen LogP contribution in [0.1, 0.15) is 17.0 Å². The molecule has 3 rings (SSSR count). The van der Waals surface area contributed by atoms with Gasteiger partial charge >= 0.3 is 0 Å². The lowest BCUT2D eigenvalue weighted by Gasteiger charge is -2.03. The van der Waals surface area contributed by atoms with Crippen LogP contribution < -0.4 is 4.74 Å². The molecule has 1 aliphatic heterocycles. The molecule has 5 nitrogen and oxygen atoms in total. The number of methoxy groups -OCH3 is 1. The van der Waals surface area contributed by atoms with E-state index in [1.165, 1.54) is 0 Å². The van der Waals surface area contributed by atoms with Gasteiger partial charge in [-0.05, 0) is 23.8 Å². The summed E-state index contributed by atoms with van der Waals surface area (Å²) in [5.74, 6) is 1.55. The number of hydrogen-bond donors (Lipinski definition) is 0. The molecule has 1 aliphatic rings. The van der Waals surface area contributed by atoms with Gasteiger partial charge < -0.3 is 18.7 Å². The van der Waals surface area contributed by atoms with Gasteiger partial charge in [0, 0.05) is 13.2 Å². The molecule has 0 N–H and O–H groups in total. The van der Waals surface area contributed by atoms with Crippen molar-refractivity contribution in [3.63, 3.8) is 0 Å². The summed E-state index contributed by atoms with van der Waals surface area (Å²) in [6.45, 7) is 1.88. The van der Waals surface area contributed by atoms with Gasteiger partial charge in [-0.3, -0.25) is 0 Å². The molecule has 1 atom stereocenters. The number of ether oxygens (including phenoxy) is 3. The molecule has 0 bridgehead atoms. The summed E-state index contributed by atoms with van der Waals surface area (Å²) in [5, 5.41) is 3.90. The summed E-state index contributed by atoms with van der Waals surface area (Å²) in [5.41, 5.74) is 1.85. The molecule has 2 heterocycles. The molecule has 110 valence electrons. The first kappa shape index (κ1) is 13.9.